The van der Waals surface area contributed by atoms with Gasteiger partial charge < -0.3 is 9.88 Å². The quantitative estimate of drug-likeness (QED) is 0.658. The number of nitrogens with zero attached hydrogens (tertiary/aromatic N) is 6. The number of hydrogen-bond acceptors (Lipinski definition) is 5. The van der Waals surface area contributed by atoms with E-state index in [4.69, 9.17) is 0 Å². The lowest BCUT2D eigenvalue weighted by Gasteiger charge is -2.06. The van der Waals surface area contributed by atoms with Gasteiger partial charge in [0.2, 0.25) is 5.91 Å². The van der Waals surface area contributed by atoms with Gasteiger partial charge in [-0.3, -0.25) is 9.36 Å². The first kappa shape index (κ1) is 17.6. The number of aryl methyl sites for hydroxylation is 2. The van der Waals surface area contributed by atoms with Gasteiger partial charge in [-0.2, -0.15) is 9.78 Å². The highest BCUT2D eigenvalue weighted by molar-refractivity contribution is 5.75. The van der Waals surface area contributed by atoms with Crippen LogP contribution in [0.3, 0.4) is 0 Å². The molecule has 0 atom stereocenters. The van der Waals surface area contributed by atoms with Gasteiger partial charge in [0.05, 0.1) is 5.69 Å². The van der Waals surface area contributed by atoms with Crippen molar-refractivity contribution in [3.63, 3.8) is 0 Å². The van der Waals surface area contributed by atoms with Gasteiger partial charge in [-0.25, -0.2) is 4.79 Å². The molecular weight excluding hydrogens is 334 g/mol. The number of carbonyl (C=O) groups is 1. The molecule has 0 unspecified atom stereocenters. The Hall–Kier alpha value is -3.23. The Kier molecular flexibility index (Phi) is 5.26. The second kappa shape index (κ2) is 7.77. The Morgan fingerprint density at radius 2 is 2.00 bits per heavy atom. The zero-order chi connectivity index (χ0) is 18.5. The third-order valence-corrected chi connectivity index (χ3v) is 4.06. The van der Waals surface area contributed by atoms with E-state index in [0.29, 0.717) is 24.5 Å². The highest BCUT2D eigenvalue weighted by Gasteiger charge is 2.14. The largest absolute Gasteiger partial charge is 0.354 e. The van der Waals surface area contributed by atoms with Crippen molar-refractivity contribution >= 4 is 5.91 Å². The van der Waals surface area contributed by atoms with Gasteiger partial charge in [0.15, 0.2) is 0 Å². The fourth-order valence-corrected chi connectivity index (χ4v) is 2.66. The first-order chi connectivity index (χ1) is 12.6. The van der Waals surface area contributed by atoms with Gasteiger partial charge in [0, 0.05) is 19.5 Å². The van der Waals surface area contributed by atoms with Crippen molar-refractivity contribution in [3.05, 3.63) is 58.8 Å². The number of carbonyl (C=O) groups excluding carboxylic acids is 1. The van der Waals surface area contributed by atoms with Crippen LogP contribution in [0.15, 0.2) is 41.5 Å². The molecule has 2 heterocycles. The topological polar surface area (TPSA) is 99.6 Å². The highest BCUT2D eigenvalue weighted by Crippen LogP contribution is 2.03. The van der Waals surface area contributed by atoms with Crippen LogP contribution in [-0.2, 0) is 24.3 Å². The van der Waals surface area contributed by atoms with Crippen molar-refractivity contribution < 1.29 is 4.79 Å². The molecule has 26 heavy (non-hydrogen) atoms. The van der Waals surface area contributed by atoms with Crippen molar-refractivity contribution in [1.29, 1.82) is 0 Å². The number of rotatable bonds is 7. The van der Waals surface area contributed by atoms with Crippen LogP contribution >= 0.6 is 0 Å². The average Bonchev–Trinajstić information content (AvgIpc) is 3.21. The van der Waals surface area contributed by atoms with Crippen molar-refractivity contribution in [2.24, 2.45) is 0 Å². The average molecular weight is 355 g/mol. The number of aromatic nitrogens is 6. The second-order valence-corrected chi connectivity index (χ2v) is 5.80. The summed E-state index contributed by atoms with van der Waals surface area (Å²) < 4.78 is 4.58. The molecule has 0 radical (unpaired) electrons. The summed E-state index contributed by atoms with van der Waals surface area (Å²) in [7, 11) is 0. The molecule has 3 rings (SSSR count). The normalized spacial score (nSPS) is 10.8. The molecule has 1 aromatic carbocycles. The molecule has 9 nitrogen and oxygen atoms in total. The Balaban J connectivity index is 1.63. The summed E-state index contributed by atoms with van der Waals surface area (Å²) in [5.41, 5.74) is 0.327. The summed E-state index contributed by atoms with van der Waals surface area (Å²) in [4.78, 5) is 24.7. The fraction of sp³-hybridized carbons (Fsp3) is 0.353. The third kappa shape index (κ3) is 3.71. The van der Waals surface area contributed by atoms with Gasteiger partial charge in [0.1, 0.15) is 24.5 Å². The summed E-state index contributed by atoms with van der Waals surface area (Å²) in [6.45, 7) is 4.85. The van der Waals surface area contributed by atoms with E-state index in [2.05, 4.69) is 20.6 Å². The molecule has 1 N–H and O–H groups in total. The number of benzene rings is 1. The monoisotopic (exact) mass is 355 g/mol. The summed E-state index contributed by atoms with van der Waals surface area (Å²) in [6.07, 6.45) is 2.24. The zero-order valence-corrected chi connectivity index (χ0v) is 14.8. The van der Waals surface area contributed by atoms with E-state index in [1.165, 1.54) is 9.25 Å². The minimum atomic E-state index is -0.338. The number of amides is 1. The van der Waals surface area contributed by atoms with E-state index >= 15 is 0 Å². The molecule has 1 amide bonds. The van der Waals surface area contributed by atoms with Crippen LogP contribution in [0, 0.1) is 6.92 Å². The minimum absolute atomic E-state index is 0.0715. The Labute approximate surface area is 150 Å². The molecule has 0 saturated carbocycles. The van der Waals surface area contributed by atoms with Crippen LogP contribution in [0.1, 0.15) is 18.6 Å². The first-order valence-corrected chi connectivity index (χ1v) is 8.45. The van der Waals surface area contributed by atoms with Crippen molar-refractivity contribution in [1.82, 2.24) is 34.4 Å². The van der Waals surface area contributed by atoms with Crippen LogP contribution in [0.4, 0.5) is 0 Å². The van der Waals surface area contributed by atoms with Gasteiger partial charge >= 0.3 is 5.69 Å². The van der Waals surface area contributed by atoms with E-state index < -0.39 is 0 Å². The van der Waals surface area contributed by atoms with E-state index in [-0.39, 0.29) is 18.1 Å². The molecule has 9 heteroatoms. The summed E-state index contributed by atoms with van der Waals surface area (Å²) in [6, 6.07) is 9.12. The number of nitrogens with one attached hydrogen (secondary N) is 1. The van der Waals surface area contributed by atoms with Gasteiger partial charge in [0.25, 0.3) is 0 Å². The predicted molar refractivity (Wildman–Crippen MR) is 95.0 cm³/mol. The molecule has 0 saturated heterocycles. The van der Waals surface area contributed by atoms with Crippen LogP contribution in [0.25, 0.3) is 5.69 Å². The minimum Gasteiger partial charge on any atom is -0.354 e. The molecule has 0 aliphatic rings. The Morgan fingerprint density at radius 1 is 1.23 bits per heavy atom. The number of hydrogen-bond donors (Lipinski definition) is 1. The molecular formula is C17H21N7O2. The van der Waals surface area contributed by atoms with E-state index in [1.807, 2.05) is 29.7 Å². The van der Waals surface area contributed by atoms with E-state index in [1.54, 1.807) is 25.4 Å². The van der Waals surface area contributed by atoms with E-state index in [9.17, 15) is 9.59 Å². The Morgan fingerprint density at radius 3 is 2.73 bits per heavy atom. The summed E-state index contributed by atoms with van der Waals surface area (Å²) in [5.74, 6) is 1.06. The lowest BCUT2D eigenvalue weighted by molar-refractivity contribution is -0.121. The van der Waals surface area contributed by atoms with Crippen molar-refractivity contribution in [2.45, 2.75) is 33.4 Å². The van der Waals surface area contributed by atoms with Crippen LogP contribution in [-0.4, -0.2) is 41.6 Å². The van der Waals surface area contributed by atoms with Crippen LogP contribution in [0.2, 0.25) is 0 Å². The number of para-hydroxylation sites is 1. The molecule has 0 fully saturated rings. The molecule has 0 aliphatic carbocycles. The lowest BCUT2D eigenvalue weighted by Crippen LogP contribution is -2.34. The highest BCUT2D eigenvalue weighted by atomic mass is 16.2. The molecule has 2 aromatic heterocycles. The Bertz CT molecular complexity index is 940. The lowest BCUT2D eigenvalue weighted by atomic mass is 10.3. The maximum atomic E-state index is 12.5. The molecule has 0 aliphatic heterocycles. The van der Waals surface area contributed by atoms with Gasteiger partial charge in [-0.15, -0.1) is 10.2 Å². The summed E-state index contributed by atoms with van der Waals surface area (Å²) >= 11 is 0. The molecule has 0 spiro atoms. The SMILES string of the molecule is CCn1cnnc1CCNC(=O)Cn1c(C)nn(-c2ccccc2)c1=O. The smallest absolute Gasteiger partial charge is 0.351 e. The van der Waals surface area contributed by atoms with Gasteiger partial charge in [-0.05, 0) is 26.0 Å². The maximum Gasteiger partial charge on any atom is 0.351 e. The van der Waals surface area contributed by atoms with Crippen molar-refractivity contribution in [2.75, 3.05) is 6.54 Å². The predicted octanol–water partition coefficient (Wildman–Crippen LogP) is 0.313. The molecule has 136 valence electrons. The van der Waals surface area contributed by atoms with E-state index in [0.717, 1.165) is 12.4 Å². The summed E-state index contributed by atoms with van der Waals surface area (Å²) in [5, 5.41) is 14.9. The van der Waals surface area contributed by atoms with Crippen molar-refractivity contribution in [3.8, 4) is 5.69 Å². The van der Waals surface area contributed by atoms with Crippen LogP contribution < -0.4 is 11.0 Å². The first-order valence-electron chi connectivity index (χ1n) is 8.45. The third-order valence-electron chi connectivity index (χ3n) is 4.06. The maximum absolute atomic E-state index is 12.5. The zero-order valence-electron chi connectivity index (χ0n) is 14.8. The van der Waals surface area contributed by atoms with Gasteiger partial charge in [-0.1, -0.05) is 18.2 Å². The molecule has 3 aromatic rings. The van der Waals surface area contributed by atoms with Crippen LogP contribution in [0.5, 0.6) is 0 Å². The standard InChI is InChI=1S/C17H21N7O2/c1-3-22-12-19-20-15(22)9-10-18-16(25)11-23-13(2)21-24(17(23)26)14-7-5-4-6-8-14/h4-8,12H,3,9-11H2,1-2H3,(H,18,25). The second-order valence-electron chi connectivity index (χ2n) is 5.80. The fourth-order valence-electron chi connectivity index (χ4n) is 2.66. The molecule has 0 bridgehead atoms.